The van der Waals surface area contributed by atoms with Crippen molar-refractivity contribution in [3.63, 3.8) is 0 Å². The first-order chi connectivity index (χ1) is 14.5. The lowest BCUT2D eigenvalue weighted by Gasteiger charge is -2.44. The first-order valence-electron chi connectivity index (χ1n) is 11.9. The van der Waals surface area contributed by atoms with Gasteiger partial charge in [0, 0.05) is 44.3 Å². The lowest BCUT2D eigenvalue weighted by molar-refractivity contribution is -0.143. The third-order valence-electron chi connectivity index (χ3n) is 7.48. The van der Waals surface area contributed by atoms with Crippen LogP contribution in [0.4, 0.5) is 0 Å². The summed E-state index contributed by atoms with van der Waals surface area (Å²) in [5.74, 6) is 0.946. The van der Waals surface area contributed by atoms with E-state index < -0.39 is 0 Å². The molecular weight excluding hydrogens is 374 g/mol. The van der Waals surface area contributed by atoms with Gasteiger partial charge in [0.15, 0.2) is 0 Å². The van der Waals surface area contributed by atoms with Gasteiger partial charge in [0.2, 0.25) is 5.91 Å². The SMILES string of the molecule is Cc1ccc(C(=O)N2CCN([C@@H](C(=O)N3CCCC[C@@H]3C)C3CCCC3)CC2)cc1. The molecule has 0 spiro atoms. The minimum absolute atomic E-state index is 0.00433. The Morgan fingerprint density at radius 1 is 0.867 bits per heavy atom. The topological polar surface area (TPSA) is 43.9 Å². The summed E-state index contributed by atoms with van der Waals surface area (Å²) in [5, 5.41) is 0. The lowest BCUT2D eigenvalue weighted by atomic mass is 9.92. The van der Waals surface area contributed by atoms with E-state index in [1.165, 1.54) is 37.7 Å². The number of aryl methyl sites for hydroxylation is 1. The van der Waals surface area contributed by atoms with Gasteiger partial charge in [-0.05, 0) is 64.0 Å². The lowest BCUT2D eigenvalue weighted by Crippen LogP contribution is -2.60. The Morgan fingerprint density at radius 3 is 2.13 bits per heavy atom. The van der Waals surface area contributed by atoms with Crippen LogP contribution < -0.4 is 0 Å². The van der Waals surface area contributed by atoms with Gasteiger partial charge in [-0.1, -0.05) is 30.5 Å². The summed E-state index contributed by atoms with van der Waals surface area (Å²) in [6, 6.07) is 8.21. The highest BCUT2D eigenvalue weighted by Crippen LogP contribution is 2.33. The van der Waals surface area contributed by atoms with E-state index in [2.05, 4.69) is 16.7 Å². The number of piperidine rings is 1. The third-order valence-corrected chi connectivity index (χ3v) is 7.48. The van der Waals surface area contributed by atoms with Crippen molar-refractivity contribution in [2.24, 2.45) is 5.92 Å². The van der Waals surface area contributed by atoms with Gasteiger partial charge in [0.1, 0.15) is 0 Å². The van der Waals surface area contributed by atoms with E-state index in [1.54, 1.807) is 0 Å². The molecule has 5 nitrogen and oxygen atoms in total. The Balaban J connectivity index is 1.43. The summed E-state index contributed by atoms with van der Waals surface area (Å²) < 4.78 is 0. The van der Waals surface area contributed by atoms with Crippen LogP contribution in [0.5, 0.6) is 0 Å². The van der Waals surface area contributed by atoms with Crippen LogP contribution in [0.1, 0.15) is 67.8 Å². The van der Waals surface area contributed by atoms with Crippen molar-refractivity contribution in [3.8, 4) is 0 Å². The number of hydrogen-bond donors (Lipinski definition) is 0. The molecular formula is C25H37N3O2. The molecule has 0 bridgehead atoms. The molecule has 0 aromatic heterocycles. The minimum Gasteiger partial charge on any atom is -0.339 e. The molecule has 1 aromatic rings. The Hall–Kier alpha value is -1.88. The Morgan fingerprint density at radius 2 is 1.50 bits per heavy atom. The highest BCUT2D eigenvalue weighted by Gasteiger charge is 2.40. The average molecular weight is 412 g/mol. The molecule has 0 radical (unpaired) electrons. The molecule has 164 valence electrons. The fraction of sp³-hybridized carbons (Fsp3) is 0.680. The van der Waals surface area contributed by atoms with Crippen molar-refractivity contribution < 1.29 is 9.59 Å². The molecule has 4 rings (SSSR count). The maximum absolute atomic E-state index is 13.7. The van der Waals surface area contributed by atoms with Gasteiger partial charge in [0.25, 0.3) is 5.91 Å². The van der Waals surface area contributed by atoms with Crippen molar-refractivity contribution in [3.05, 3.63) is 35.4 Å². The zero-order chi connectivity index (χ0) is 21.1. The van der Waals surface area contributed by atoms with Crippen molar-refractivity contribution in [1.29, 1.82) is 0 Å². The number of piperazine rings is 1. The smallest absolute Gasteiger partial charge is 0.253 e. The standard InChI is InChI=1S/C25H37N3O2/c1-19-10-12-22(13-11-19)24(29)27-17-15-26(16-18-27)23(21-8-3-4-9-21)25(30)28-14-6-5-7-20(28)2/h10-13,20-21,23H,3-9,14-18H2,1-2H3/t20-,23+/m0/s1. The van der Waals surface area contributed by atoms with Gasteiger partial charge in [0.05, 0.1) is 6.04 Å². The number of carbonyl (C=O) groups excluding carboxylic acids is 2. The van der Waals surface area contributed by atoms with Crippen molar-refractivity contribution in [2.45, 2.75) is 70.9 Å². The maximum atomic E-state index is 13.7. The molecule has 2 amide bonds. The van der Waals surface area contributed by atoms with E-state index in [0.717, 1.165) is 38.0 Å². The molecule has 3 fully saturated rings. The molecule has 1 aromatic carbocycles. The number of nitrogens with zero attached hydrogens (tertiary/aromatic N) is 3. The quantitative estimate of drug-likeness (QED) is 0.759. The molecule has 30 heavy (non-hydrogen) atoms. The van der Waals surface area contributed by atoms with Crippen LogP contribution in [0, 0.1) is 12.8 Å². The van der Waals surface area contributed by atoms with Gasteiger partial charge < -0.3 is 9.80 Å². The summed E-state index contributed by atoms with van der Waals surface area (Å²) in [6.07, 6.45) is 8.32. The van der Waals surface area contributed by atoms with Crippen LogP contribution in [-0.4, -0.2) is 71.3 Å². The molecule has 2 atom stereocenters. The average Bonchev–Trinajstić information content (AvgIpc) is 3.29. The van der Waals surface area contributed by atoms with Crippen molar-refractivity contribution in [1.82, 2.24) is 14.7 Å². The summed E-state index contributed by atoms with van der Waals surface area (Å²) in [7, 11) is 0. The maximum Gasteiger partial charge on any atom is 0.253 e. The van der Waals surface area contributed by atoms with Gasteiger partial charge in [-0.3, -0.25) is 14.5 Å². The fourth-order valence-electron chi connectivity index (χ4n) is 5.61. The zero-order valence-corrected chi connectivity index (χ0v) is 18.7. The molecule has 3 aliphatic rings. The largest absolute Gasteiger partial charge is 0.339 e. The van der Waals surface area contributed by atoms with E-state index in [0.29, 0.717) is 31.0 Å². The van der Waals surface area contributed by atoms with Gasteiger partial charge in [-0.2, -0.15) is 0 Å². The van der Waals surface area contributed by atoms with Crippen LogP contribution >= 0.6 is 0 Å². The monoisotopic (exact) mass is 411 g/mol. The normalized spacial score (nSPS) is 24.8. The zero-order valence-electron chi connectivity index (χ0n) is 18.7. The van der Waals surface area contributed by atoms with Crippen LogP contribution in [0.3, 0.4) is 0 Å². The van der Waals surface area contributed by atoms with Gasteiger partial charge in [-0.15, -0.1) is 0 Å². The second kappa shape index (κ2) is 9.51. The number of rotatable bonds is 4. The summed E-state index contributed by atoms with van der Waals surface area (Å²) in [4.78, 5) is 33.1. The summed E-state index contributed by atoms with van der Waals surface area (Å²) in [6.45, 7) is 8.17. The second-order valence-electron chi connectivity index (χ2n) is 9.56. The molecule has 0 unspecified atom stereocenters. The first kappa shape index (κ1) is 21.4. The van der Waals surface area contributed by atoms with Crippen molar-refractivity contribution in [2.75, 3.05) is 32.7 Å². The van der Waals surface area contributed by atoms with E-state index in [9.17, 15) is 9.59 Å². The Bertz CT molecular complexity index is 733. The fourth-order valence-corrected chi connectivity index (χ4v) is 5.61. The first-order valence-corrected chi connectivity index (χ1v) is 11.9. The second-order valence-corrected chi connectivity index (χ2v) is 9.56. The number of hydrogen-bond acceptors (Lipinski definition) is 3. The predicted octanol–water partition coefficient (Wildman–Crippen LogP) is 3.71. The van der Waals surface area contributed by atoms with E-state index >= 15 is 0 Å². The van der Waals surface area contributed by atoms with Crippen LogP contribution in [0.2, 0.25) is 0 Å². The van der Waals surface area contributed by atoms with Crippen LogP contribution in [-0.2, 0) is 4.79 Å². The molecule has 2 heterocycles. The highest BCUT2D eigenvalue weighted by molar-refractivity contribution is 5.94. The minimum atomic E-state index is 0.00433. The van der Waals surface area contributed by atoms with E-state index in [4.69, 9.17) is 0 Å². The Labute approximate surface area is 181 Å². The molecule has 5 heteroatoms. The van der Waals surface area contributed by atoms with E-state index in [-0.39, 0.29) is 11.9 Å². The molecule has 2 aliphatic heterocycles. The number of likely N-dealkylation sites (tertiary alicyclic amines) is 1. The molecule has 2 saturated heterocycles. The number of amides is 2. The molecule has 1 saturated carbocycles. The molecule has 0 N–H and O–H groups in total. The number of benzene rings is 1. The Kier molecular flexibility index (Phi) is 6.77. The summed E-state index contributed by atoms with van der Waals surface area (Å²) in [5.41, 5.74) is 1.93. The molecule has 1 aliphatic carbocycles. The van der Waals surface area contributed by atoms with Crippen LogP contribution in [0.15, 0.2) is 24.3 Å². The number of carbonyl (C=O) groups is 2. The van der Waals surface area contributed by atoms with Gasteiger partial charge >= 0.3 is 0 Å². The summed E-state index contributed by atoms with van der Waals surface area (Å²) >= 11 is 0. The van der Waals surface area contributed by atoms with Crippen LogP contribution in [0.25, 0.3) is 0 Å². The highest BCUT2D eigenvalue weighted by atomic mass is 16.2. The third kappa shape index (κ3) is 4.56. The van der Waals surface area contributed by atoms with E-state index in [1.807, 2.05) is 36.1 Å². The predicted molar refractivity (Wildman–Crippen MR) is 119 cm³/mol. The van der Waals surface area contributed by atoms with Gasteiger partial charge in [-0.25, -0.2) is 0 Å². The van der Waals surface area contributed by atoms with Crippen molar-refractivity contribution >= 4 is 11.8 Å².